The van der Waals surface area contributed by atoms with E-state index >= 15 is 0 Å². The summed E-state index contributed by atoms with van der Waals surface area (Å²) in [6, 6.07) is 3.41. The Morgan fingerprint density at radius 2 is 1.79 bits per heavy atom. The number of aryl methyl sites for hydroxylation is 1. The van der Waals surface area contributed by atoms with Gasteiger partial charge in [0, 0.05) is 41.1 Å². The average molecular weight is 302 g/mol. The van der Waals surface area contributed by atoms with Gasteiger partial charge in [0.05, 0.1) is 4.90 Å². The Kier molecular flexibility index (Phi) is 3.98. The molecule has 7 heteroatoms. The van der Waals surface area contributed by atoms with Crippen molar-refractivity contribution in [3.05, 3.63) is 23.3 Å². The Morgan fingerprint density at radius 3 is 2.37 bits per heavy atom. The van der Waals surface area contributed by atoms with Crippen LogP contribution in [-0.4, -0.2) is 41.5 Å². The highest BCUT2D eigenvalue weighted by Crippen LogP contribution is 2.26. The van der Waals surface area contributed by atoms with Crippen molar-refractivity contribution in [2.45, 2.75) is 18.7 Å². The highest BCUT2D eigenvalue weighted by atomic mass is 32.2. The minimum atomic E-state index is -3.54. The molecule has 1 heterocycles. The molecule has 0 atom stereocenters. The molecule has 0 aromatic heterocycles. The van der Waals surface area contributed by atoms with Crippen LogP contribution >= 0.6 is 0 Å². The topological polar surface area (TPSA) is 80.5 Å². The number of sulfonamides is 1. The van der Waals surface area contributed by atoms with Gasteiger partial charge in [-0.05, 0) is 37.1 Å². The van der Waals surface area contributed by atoms with Crippen molar-refractivity contribution in [2.75, 3.05) is 30.3 Å². The summed E-state index contributed by atoms with van der Waals surface area (Å²) in [4.78, 5) is 0.262. The predicted molar refractivity (Wildman–Crippen MR) is 77.0 cm³/mol. The number of nitrogens with two attached hydrogens (primary N) is 1. The monoisotopic (exact) mass is 302 g/mol. The number of hydrogen-bond acceptors (Lipinski definition) is 4. The van der Waals surface area contributed by atoms with E-state index < -0.39 is 20.8 Å². The molecule has 5 nitrogen and oxygen atoms in total. The maximum absolute atomic E-state index is 12.6. The van der Waals surface area contributed by atoms with Crippen LogP contribution in [0.1, 0.15) is 11.1 Å². The summed E-state index contributed by atoms with van der Waals surface area (Å²) < 4.78 is 37.9. The van der Waals surface area contributed by atoms with E-state index in [4.69, 9.17) is 5.73 Å². The number of nitrogen functional groups attached to an aromatic ring is 1. The van der Waals surface area contributed by atoms with Crippen LogP contribution in [0.15, 0.2) is 17.0 Å². The fourth-order valence-electron chi connectivity index (χ4n) is 2.12. The Bertz CT molecular complexity index is 616. The zero-order valence-corrected chi connectivity index (χ0v) is 12.7. The maximum Gasteiger partial charge on any atom is 0.243 e. The number of rotatable bonds is 2. The average Bonchev–Trinajstić information content (AvgIpc) is 2.34. The van der Waals surface area contributed by atoms with Crippen molar-refractivity contribution in [1.82, 2.24) is 4.31 Å². The summed E-state index contributed by atoms with van der Waals surface area (Å²) in [7, 11) is -4.44. The molecule has 0 radical (unpaired) electrons. The molecule has 0 bridgehead atoms. The lowest BCUT2D eigenvalue weighted by atomic mass is 10.1. The standard InChI is InChI=1S/C12H18N2O3S2/c1-9-7-11(13)10(2)12(8-9)19(16,17)14-3-5-18(15)6-4-14/h7-8H,3-6,13H2,1-2H3. The highest BCUT2D eigenvalue weighted by Gasteiger charge is 2.29. The molecule has 0 saturated carbocycles. The van der Waals surface area contributed by atoms with Crippen molar-refractivity contribution < 1.29 is 12.6 Å². The zero-order chi connectivity index (χ0) is 14.2. The van der Waals surface area contributed by atoms with Gasteiger partial charge in [-0.2, -0.15) is 4.31 Å². The van der Waals surface area contributed by atoms with E-state index in [2.05, 4.69) is 0 Å². The Morgan fingerprint density at radius 1 is 1.21 bits per heavy atom. The lowest BCUT2D eigenvalue weighted by Gasteiger charge is -2.26. The zero-order valence-electron chi connectivity index (χ0n) is 11.0. The quantitative estimate of drug-likeness (QED) is 0.813. The summed E-state index contributed by atoms with van der Waals surface area (Å²) in [5, 5.41) is 0. The molecular weight excluding hydrogens is 284 g/mol. The molecule has 1 saturated heterocycles. The fraction of sp³-hybridized carbons (Fsp3) is 0.500. The highest BCUT2D eigenvalue weighted by molar-refractivity contribution is 7.89. The van der Waals surface area contributed by atoms with Gasteiger partial charge in [-0.3, -0.25) is 4.21 Å². The molecule has 1 aromatic carbocycles. The molecule has 0 aliphatic carbocycles. The van der Waals surface area contributed by atoms with Crippen LogP contribution in [0, 0.1) is 13.8 Å². The Balaban J connectivity index is 2.42. The van der Waals surface area contributed by atoms with Gasteiger partial charge in [0.2, 0.25) is 10.0 Å². The van der Waals surface area contributed by atoms with Crippen LogP contribution in [0.5, 0.6) is 0 Å². The number of nitrogens with zero attached hydrogens (tertiary/aromatic N) is 1. The van der Waals surface area contributed by atoms with E-state index in [1.54, 1.807) is 19.1 Å². The molecule has 19 heavy (non-hydrogen) atoms. The van der Waals surface area contributed by atoms with Gasteiger partial charge in [-0.25, -0.2) is 8.42 Å². The molecule has 2 rings (SSSR count). The van der Waals surface area contributed by atoms with Crippen LogP contribution in [-0.2, 0) is 20.8 Å². The molecule has 0 spiro atoms. The summed E-state index contributed by atoms with van der Waals surface area (Å²) >= 11 is 0. The molecular formula is C12H18N2O3S2. The molecule has 1 aliphatic rings. The van der Waals surface area contributed by atoms with Crippen LogP contribution in [0.3, 0.4) is 0 Å². The van der Waals surface area contributed by atoms with E-state index in [9.17, 15) is 12.6 Å². The van der Waals surface area contributed by atoms with Gasteiger partial charge < -0.3 is 5.73 Å². The summed E-state index contributed by atoms with van der Waals surface area (Å²) in [5.41, 5.74) is 7.73. The maximum atomic E-state index is 12.6. The first-order chi connectivity index (χ1) is 8.82. The van der Waals surface area contributed by atoms with E-state index in [0.29, 0.717) is 35.8 Å². The second-order valence-electron chi connectivity index (χ2n) is 4.73. The number of hydrogen-bond donors (Lipinski definition) is 1. The molecule has 1 aromatic rings. The van der Waals surface area contributed by atoms with E-state index in [1.165, 1.54) is 4.31 Å². The molecule has 2 N–H and O–H groups in total. The number of benzene rings is 1. The smallest absolute Gasteiger partial charge is 0.243 e. The van der Waals surface area contributed by atoms with Gasteiger partial charge in [0.25, 0.3) is 0 Å². The third-order valence-corrected chi connectivity index (χ3v) is 6.60. The molecule has 1 aliphatic heterocycles. The summed E-state index contributed by atoms with van der Waals surface area (Å²) in [6.07, 6.45) is 0. The van der Waals surface area contributed by atoms with Crippen molar-refractivity contribution >= 4 is 26.5 Å². The second-order valence-corrected chi connectivity index (χ2v) is 8.33. The van der Waals surface area contributed by atoms with Crippen LogP contribution in [0.4, 0.5) is 5.69 Å². The SMILES string of the molecule is Cc1cc(N)c(C)c(S(=O)(=O)N2CCS(=O)CC2)c1. The number of anilines is 1. The van der Waals surface area contributed by atoms with Crippen molar-refractivity contribution in [1.29, 1.82) is 0 Å². The van der Waals surface area contributed by atoms with Gasteiger partial charge in [0.1, 0.15) is 0 Å². The molecule has 0 unspecified atom stereocenters. The normalized spacial score (nSPS) is 18.6. The minimum absolute atomic E-state index is 0.262. The van der Waals surface area contributed by atoms with Crippen molar-refractivity contribution in [3.8, 4) is 0 Å². The van der Waals surface area contributed by atoms with Crippen molar-refractivity contribution in [2.24, 2.45) is 0 Å². The van der Waals surface area contributed by atoms with Gasteiger partial charge >= 0.3 is 0 Å². The Labute approximate surface area is 116 Å². The largest absolute Gasteiger partial charge is 0.398 e. The van der Waals surface area contributed by atoms with Crippen LogP contribution in [0.2, 0.25) is 0 Å². The molecule has 106 valence electrons. The lowest BCUT2D eigenvalue weighted by molar-refractivity contribution is 0.438. The summed E-state index contributed by atoms with van der Waals surface area (Å²) in [5.74, 6) is 0.805. The summed E-state index contributed by atoms with van der Waals surface area (Å²) in [6.45, 7) is 4.15. The van der Waals surface area contributed by atoms with Gasteiger partial charge in [-0.15, -0.1) is 0 Å². The van der Waals surface area contributed by atoms with Gasteiger partial charge in [0.15, 0.2) is 0 Å². The van der Waals surface area contributed by atoms with E-state index in [0.717, 1.165) is 5.56 Å². The van der Waals surface area contributed by atoms with Crippen molar-refractivity contribution in [3.63, 3.8) is 0 Å². The second kappa shape index (κ2) is 5.22. The lowest BCUT2D eigenvalue weighted by Crippen LogP contribution is -2.42. The van der Waals surface area contributed by atoms with E-state index in [-0.39, 0.29) is 4.90 Å². The van der Waals surface area contributed by atoms with E-state index in [1.807, 2.05) is 6.92 Å². The predicted octanol–water partition coefficient (Wildman–Crippen LogP) is 0.639. The van der Waals surface area contributed by atoms with Crippen LogP contribution in [0.25, 0.3) is 0 Å². The first kappa shape index (κ1) is 14.5. The first-order valence-corrected chi connectivity index (χ1v) is 8.97. The van der Waals surface area contributed by atoms with Crippen LogP contribution < -0.4 is 5.73 Å². The fourth-order valence-corrected chi connectivity index (χ4v) is 5.19. The third-order valence-electron chi connectivity index (χ3n) is 3.30. The van der Waals surface area contributed by atoms with Gasteiger partial charge in [-0.1, -0.05) is 0 Å². The third kappa shape index (κ3) is 2.82. The molecule has 0 amide bonds. The first-order valence-electron chi connectivity index (χ1n) is 6.04. The molecule has 1 fully saturated rings. The Hall–Kier alpha value is -0.920. The minimum Gasteiger partial charge on any atom is -0.398 e.